The summed E-state index contributed by atoms with van der Waals surface area (Å²) < 4.78 is 13.7. The predicted octanol–water partition coefficient (Wildman–Crippen LogP) is 4.69. The van der Waals surface area contributed by atoms with Gasteiger partial charge in [-0.15, -0.1) is 0 Å². The van der Waals surface area contributed by atoms with Gasteiger partial charge in [-0.1, -0.05) is 32.0 Å². The van der Waals surface area contributed by atoms with Crippen molar-refractivity contribution in [1.82, 2.24) is 5.32 Å². The molecule has 106 valence electrons. The van der Waals surface area contributed by atoms with Crippen LogP contribution in [0.5, 0.6) is 0 Å². The molecule has 0 unspecified atom stereocenters. The Labute approximate surface area is 116 Å². The Hall–Kier alpha value is -0.890. The minimum absolute atomic E-state index is 0.0987. The molecule has 1 atom stereocenters. The number of rotatable bonds is 4. The number of nitrogens with one attached hydrogen (secondary N) is 1. The van der Waals surface area contributed by atoms with Crippen LogP contribution >= 0.6 is 0 Å². The summed E-state index contributed by atoms with van der Waals surface area (Å²) in [5, 5.41) is 3.60. The zero-order valence-electron chi connectivity index (χ0n) is 12.3. The fraction of sp³-hybridized carbons (Fsp3) is 0.647. The predicted molar refractivity (Wildman–Crippen MR) is 78.5 cm³/mol. The zero-order chi connectivity index (χ0) is 13.8. The summed E-state index contributed by atoms with van der Waals surface area (Å²) in [6.07, 6.45) is 5.06. The van der Waals surface area contributed by atoms with Gasteiger partial charge in [-0.25, -0.2) is 4.39 Å². The SMILES string of the molecule is CC(C)C1CCC(N[C@H](C)c2ccccc2F)CC1. The molecule has 0 aromatic heterocycles. The monoisotopic (exact) mass is 263 g/mol. The molecule has 1 nitrogen and oxygen atoms in total. The summed E-state index contributed by atoms with van der Waals surface area (Å²) in [7, 11) is 0. The van der Waals surface area contributed by atoms with E-state index in [0.29, 0.717) is 6.04 Å². The maximum atomic E-state index is 13.7. The van der Waals surface area contributed by atoms with Gasteiger partial charge in [-0.2, -0.15) is 0 Å². The van der Waals surface area contributed by atoms with Gasteiger partial charge in [-0.3, -0.25) is 0 Å². The van der Waals surface area contributed by atoms with Crippen LogP contribution in [0.2, 0.25) is 0 Å². The van der Waals surface area contributed by atoms with Crippen LogP contribution in [-0.2, 0) is 0 Å². The molecule has 19 heavy (non-hydrogen) atoms. The van der Waals surface area contributed by atoms with E-state index in [1.54, 1.807) is 12.1 Å². The summed E-state index contributed by atoms with van der Waals surface area (Å²) in [6.45, 7) is 6.70. The van der Waals surface area contributed by atoms with Crippen LogP contribution in [0.1, 0.15) is 58.1 Å². The highest BCUT2D eigenvalue weighted by Gasteiger charge is 2.24. The van der Waals surface area contributed by atoms with Crippen molar-refractivity contribution >= 4 is 0 Å². The van der Waals surface area contributed by atoms with Crippen LogP contribution in [-0.4, -0.2) is 6.04 Å². The third-order valence-electron chi connectivity index (χ3n) is 4.57. The van der Waals surface area contributed by atoms with Gasteiger partial charge in [0.2, 0.25) is 0 Å². The van der Waals surface area contributed by atoms with E-state index in [1.807, 2.05) is 12.1 Å². The number of benzene rings is 1. The first-order valence-electron chi connectivity index (χ1n) is 7.58. The molecule has 0 amide bonds. The minimum atomic E-state index is -0.0987. The summed E-state index contributed by atoms with van der Waals surface area (Å²) in [4.78, 5) is 0. The van der Waals surface area contributed by atoms with Gasteiger partial charge in [0.05, 0.1) is 0 Å². The van der Waals surface area contributed by atoms with E-state index >= 15 is 0 Å². The highest BCUT2D eigenvalue weighted by atomic mass is 19.1. The van der Waals surface area contributed by atoms with E-state index in [9.17, 15) is 4.39 Å². The van der Waals surface area contributed by atoms with Crippen molar-refractivity contribution in [2.45, 2.75) is 58.5 Å². The van der Waals surface area contributed by atoms with Gasteiger partial charge >= 0.3 is 0 Å². The highest BCUT2D eigenvalue weighted by Crippen LogP contribution is 2.31. The molecule has 0 radical (unpaired) electrons. The quantitative estimate of drug-likeness (QED) is 0.831. The molecule has 1 N–H and O–H groups in total. The lowest BCUT2D eigenvalue weighted by Gasteiger charge is -2.33. The Morgan fingerprint density at radius 1 is 1.05 bits per heavy atom. The summed E-state index contributed by atoms with van der Waals surface area (Å²) in [6, 6.07) is 7.73. The van der Waals surface area contributed by atoms with Crippen LogP contribution in [0.15, 0.2) is 24.3 Å². The Morgan fingerprint density at radius 3 is 2.26 bits per heavy atom. The van der Waals surface area contributed by atoms with Gasteiger partial charge in [0.1, 0.15) is 5.82 Å². The molecule has 0 saturated heterocycles. The molecular formula is C17H26FN. The molecule has 2 rings (SSSR count). The molecule has 1 fully saturated rings. The van der Waals surface area contributed by atoms with Crippen LogP contribution < -0.4 is 5.32 Å². The first kappa shape index (κ1) is 14.5. The van der Waals surface area contributed by atoms with Crippen LogP contribution in [0.4, 0.5) is 4.39 Å². The Kier molecular flexibility index (Phi) is 4.98. The van der Waals surface area contributed by atoms with Crippen molar-refractivity contribution in [1.29, 1.82) is 0 Å². The van der Waals surface area contributed by atoms with E-state index in [-0.39, 0.29) is 11.9 Å². The molecule has 1 saturated carbocycles. The van der Waals surface area contributed by atoms with Gasteiger partial charge in [0.25, 0.3) is 0 Å². The second-order valence-corrected chi connectivity index (χ2v) is 6.27. The molecule has 1 aromatic carbocycles. The summed E-state index contributed by atoms with van der Waals surface area (Å²) in [5.41, 5.74) is 0.786. The van der Waals surface area contributed by atoms with Crippen molar-refractivity contribution in [3.05, 3.63) is 35.6 Å². The van der Waals surface area contributed by atoms with E-state index in [4.69, 9.17) is 0 Å². The van der Waals surface area contributed by atoms with Crippen molar-refractivity contribution in [2.24, 2.45) is 11.8 Å². The largest absolute Gasteiger partial charge is 0.307 e. The van der Waals surface area contributed by atoms with Gasteiger partial charge in [0.15, 0.2) is 0 Å². The van der Waals surface area contributed by atoms with Gasteiger partial charge < -0.3 is 5.32 Å². The third-order valence-corrected chi connectivity index (χ3v) is 4.57. The average molecular weight is 263 g/mol. The maximum Gasteiger partial charge on any atom is 0.127 e. The van der Waals surface area contributed by atoms with E-state index in [2.05, 4.69) is 26.1 Å². The lowest BCUT2D eigenvalue weighted by Crippen LogP contribution is -2.36. The number of hydrogen-bond donors (Lipinski definition) is 1. The number of hydrogen-bond acceptors (Lipinski definition) is 1. The molecule has 0 heterocycles. The normalized spacial score (nSPS) is 25.5. The van der Waals surface area contributed by atoms with Crippen molar-refractivity contribution in [3.8, 4) is 0 Å². The molecule has 0 bridgehead atoms. The molecule has 1 aliphatic carbocycles. The Morgan fingerprint density at radius 2 is 1.68 bits per heavy atom. The van der Waals surface area contributed by atoms with Gasteiger partial charge in [0, 0.05) is 17.6 Å². The topological polar surface area (TPSA) is 12.0 Å². The summed E-state index contributed by atoms with van der Waals surface area (Å²) in [5.74, 6) is 1.57. The molecule has 1 aromatic rings. The smallest absolute Gasteiger partial charge is 0.127 e. The van der Waals surface area contributed by atoms with Crippen molar-refractivity contribution in [2.75, 3.05) is 0 Å². The van der Waals surface area contributed by atoms with E-state index in [1.165, 1.54) is 25.7 Å². The molecule has 0 spiro atoms. The fourth-order valence-corrected chi connectivity index (χ4v) is 3.22. The van der Waals surface area contributed by atoms with Crippen LogP contribution in [0.25, 0.3) is 0 Å². The Bertz CT molecular complexity index is 394. The van der Waals surface area contributed by atoms with Crippen molar-refractivity contribution in [3.63, 3.8) is 0 Å². The Balaban J connectivity index is 1.87. The van der Waals surface area contributed by atoms with Crippen LogP contribution in [0, 0.1) is 17.7 Å². The first-order chi connectivity index (χ1) is 9.08. The van der Waals surface area contributed by atoms with Crippen LogP contribution in [0.3, 0.4) is 0 Å². The third kappa shape index (κ3) is 3.79. The molecule has 0 aliphatic heterocycles. The van der Waals surface area contributed by atoms with Crippen molar-refractivity contribution < 1.29 is 4.39 Å². The number of halogens is 1. The van der Waals surface area contributed by atoms with E-state index < -0.39 is 0 Å². The highest BCUT2D eigenvalue weighted by molar-refractivity contribution is 5.20. The minimum Gasteiger partial charge on any atom is -0.307 e. The molecule has 2 heteroatoms. The zero-order valence-corrected chi connectivity index (χ0v) is 12.3. The van der Waals surface area contributed by atoms with Gasteiger partial charge in [-0.05, 0) is 50.5 Å². The standard InChI is InChI=1S/C17H26FN/c1-12(2)14-8-10-15(11-9-14)19-13(3)16-6-4-5-7-17(16)18/h4-7,12-15,19H,8-11H2,1-3H3/t13-,14?,15?/m1/s1. The van der Waals surface area contributed by atoms with E-state index in [0.717, 1.165) is 17.4 Å². The molecular weight excluding hydrogens is 237 g/mol. The maximum absolute atomic E-state index is 13.7. The second kappa shape index (κ2) is 6.51. The lowest BCUT2D eigenvalue weighted by molar-refractivity contribution is 0.230. The lowest BCUT2D eigenvalue weighted by atomic mass is 9.79. The first-order valence-corrected chi connectivity index (χ1v) is 7.58. The molecule has 1 aliphatic rings. The fourth-order valence-electron chi connectivity index (χ4n) is 3.22. The average Bonchev–Trinajstić information content (AvgIpc) is 2.39. The summed E-state index contributed by atoms with van der Waals surface area (Å²) >= 11 is 0. The second-order valence-electron chi connectivity index (χ2n) is 6.27.